The van der Waals surface area contributed by atoms with E-state index in [1.165, 1.54) is 6.07 Å². The molecule has 2 rings (SSSR count). The van der Waals surface area contributed by atoms with Crippen LogP contribution in [0.4, 0.5) is 5.69 Å². The van der Waals surface area contributed by atoms with E-state index in [1.54, 1.807) is 44.6 Å². The van der Waals surface area contributed by atoms with Gasteiger partial charge in [-0.3, -0.25) is 9.52 Å². The number of methoxy groups -OCH3 is 2. The average Bonchev–Trinajstić information content (AvgIpc) is 2.59. The Morgan fingerprint density at radius 2 is 1.81 bits per heavy atom. The molecule has 0 saturated heterocycles. The molecule has 7 nitrogen and oxygen atoms in total. The summed E-state index contributed by atoms with van der Waals surface area (Å²) in [5.74, 6) is 0.931. The van der Waals surface area contributed by atoms with E-state index in [2.05, 4.69) is 10.0 Å². The zero-order valence-electron chi connectivity index (χ0n) is 15.1. The van der Waals surface area contributed by atoms with Gasteiger partial charge in [-0.1, -0.05) is 6.07 Å². The number of carbonyl (C=O) groups is 1. The monoisotopic (exact) mass is 378 g/mol. The summed E-state index contributed by atoms with van der Waals surface area (Å²) >= 11 is 0. The molecular weight excluding hydrogens is 356 g/mol. The zero-order valence-corrected chi connectivity index (χ0v) is 15.9. The second kappa shape index (κ2) is 8.09. The molecule has 2 N–H and O–H groups in total. The second-order valence-corrected chi connectivity index (χ2v) is 7.51. The van der Waals surface area contributed by atoms with Crippen LogP contribution in [-0.2, 0) is 10.0 Å². The minimum Gasteiger partial charge on any atom is -0.497 e. The predicted octanol–water partition coefficient (Wildman–Crippen LogP) is 2.57. The Morgan fingerprint density at radius 1 is 1.08 bits per heavy atom. The number of rotatable bonds is 7. The van der Waals surface area contributed by atoms with Crippen LogP contribution in [0, 0.1) is 0 Å². The van der Waals surface area contributed by atoms with E-state index in [9.17, 15) is 13.2 Å². The number of hydrogen-bond donors (Lipinski definition) is 2. The van der Waals surface area contributed by atoms with Crippen molar-refractivity contribution in [3.8, 4) is 11.5 Å². The van der Waals surface area contributed by atoms with Crippen molar-refractivity contribution >= 4 is 21.6 Å². The van der Waals surface area contributed by atoms with E-state index < -0.39 is 10.0 Å². The molecule has 1 atom stereocenters. The van der Waals surface area contributed by atoms with Crippen molar-refractivity contribution < 1.29 is 22.7 Å². The van der Waals surface area contributed by atoms with Crippen LogP contribution in [0.3, 0.4) is 0 Å². The molecule has 140 valence electrons. The number of sulfonamides is 1. The number of nitrogens with one attached hydrogen (secondary N) is 2. The molecule has 0 aromatic heterocycles. The minimum absolute atomic E-state index is 0.324. The highest BCUT2D eigenvalue weighted by Crippen LogP contribution is 2.29. The number of hydrogen-bond acceptors (Lipinski definition) is 5. The average molecular weight is 378 g/mol. The Morgan fingerprint density at radius 3 is 2.42 bits per heavy atom. The summed E-state index contributed by atoms with van der Waals surface area (Å²) in [5.41, 5.74) is 1.47. The maximum atomic E-state index is 12.5. The fraction of sp³-hybridized carbons (Fsp3) is 0.278. The maximum Gasteiger partial charge on any atom is 0.251 e. The van der Waals surface area contributed by atoms with Gasteiger partial charge >= 0.3 is 0 Å². The molecule has 1 unspecified atom stereocenters. The molecule has 0 aliphatic carbocycles. The number of benzene rings is 2. The Labute approximate surface area is 153 Å². The summed E-state index contributed by atoms with van der Waals surface area (Å²) in [6, 6.07) is 11.3. The topological polar surface area (TPSA) is 93.7 Å². The summed E-state index contributed by atoms with van der Waals surface area (Å²) in [4.78, 5) is 12.5. The third kappa shape index (κ3) is 5.13. The molecule has 1 amide bonds. The molecular formula is C18H22N2O5S. The number of amides is 1. The van der Waals surface area contributed by atoms with Crippen molar-refractivity contribution in [1.82, 2.24) is 5.32 Å². The molecule has 0 saturated carbocycles. The molecule has 0 aliphatic rings. The van der Waals surface area contributed by atoms with Crippen molar-refractivity contribution in [2.45, 2.75) is 13.0 Å². The smallest absolute Gasteiger partial charge is 0.251 e. The van der Waals surface area contributed by atoms with Crippen LogP contribution in [0.2, 0.25) is 0 Å². The van der Waals surface area contributed by atoms with Crippen LogP contribution < -0.4 is 19.5 Å². The highest BCUT2D eigenvalue weighted by atomic mass is 32.2. The van der Waals surface area contributed by atoms with Crippen molar-refractivity contribution in [1.29, 1.82) is 0 Å². The molecule has 2 aromatic carbocycles. The van der Waals surface area contributed by atoms with Crippen LogP contribution in [0.15, 0.2) is 42.5 Å². The van der Waals surface area contributed by atoms with Crippen LogP contribution in [0.25, 0.3) is 0 Å². The third-order valence-electron chi connectivity index (χ3n) is 3.68. The Kier molecular flexibility index (Phi) is 6.10. The first-order chi connectivity index (χ1) is 12.2. The summed E-state index contributed by atoms with van der Waals surface area (Å²) in [6.07, 6.45) is 1.05. The lowest BCUT2D eigenvalue weighted by Gasteiger charge is -2.18. The number of ether oxygens (including phenoxy) is 2. The fourth-order valence-corrected chi connectivity index (χ4v) is 3.03. The van der Waals surface area contributed by atoms with Gasteiger partial charge in [0.25, 0.3) is 5.91 Å². The zero-order chi connectivity index (χ0) is 19.3. The van der Waals surface area contributed by atoms with Gasteiger partial charge in [-0.15, -0.1) is 0 Å². The summed E-state index contributed by atoms with van der Waals surface area (Å²) in [6.45, 7) is 1.83. The van der Waals surface area contributed by atoms with Gasteiger partial charge in [-0.2, -0.15) is 0 Å². The van der Waals surface area contributed by atoms with Crippen molar-refractivity contribution in [2.75, 3.05) is 25.2 Å². The van der Waals surface area contributed by atoms with E-state index in [0.29, 0.717) is 22.7 Å². The Balaban J connectivity index is 2.18. The highest BCUT2D eigenvalue weighted by Gasteiger charge is 2.16. The summed E-state index contributed by atoms with van der Waals surface area (Å²) in [5, 5.41) is 2.88. The first-order valence-corrected chi connectivity index (χ1v) is 9.73. The molecule has 8 heteroatoms. The summed E-state index contributed by atoms with van der Waals surface area (Å²) < 4.78 is 35.5. The minimum atomic E-state index is -3.41. The quantitative estimate of drug-likeness (QED) is 0.772. The summed E-state index contributed by atoms with van der Waals surface area (Å²) in [7, 11) is -0.296. The van der Waals surface area contributed by atoms with E-state index in [1.807, 2.05) is 13.0 Å². The predicted molar refractivity (Wildman–Crippen MR) is 100 cm³/mol. The van der Waals surface area contributed by atoms with E-state index >= 15 is 0 Å². The van der Waals surface area contributed by atoms with Gasteiger partial charge in [-0.05, 0) is 37.3 Å². The number of carbonyl (C=O) groups excluding carboxylic acids is 1. The SMILES string of the molecule is COc1ccc(C(C)NC(=O)c2cccc(NS(C)(=O)=O)c2)c(OC)c1. The fourth-order valence-electron chi connectivity index (χ4n) is 2.47. The molecule has 2 aromatic rings. The van der Waals surface area contributed by atoms with E-state index in [0.717, 1.165) is 11.8 Å². The first kappa shape index (κ1) is 19.6. The van der Waals surface area contributed by atoms with E-state index in [-0.39, 0.29) is 11.9 Å². The Hall–Kier alpha value is -2.74. The van der Waals surface area contributed by atoms with Gasteiger partial charge in [-0.25, -0.2) is 8.42 Å². The van der Waals surface area contributed by atoms with Crippen molar-refractivity contribution in [2.24, 2.45) is 0 Å². The lowest BCUT2D eigenvalue weighted by atomic mass is 10.1. The molecule has 0 fully saturated rings. The van der Waals surface area contributed by atoms with Gasteiger partial charge in [0.1, 0.15) is 11.5 Å². The van der Waals surface area contributed by atoms with Gasteiger partial charge in [0.2, 0.25) is 10.0 Å². The van der Waals surface area contributed by atoms with Crippen LogP contribution in [0.1, 0.15) is 28.9 Å². The standard InChI is InChI=1S/C18H22N2O5S/c1-12(16-9-8-15(24-2)11-17(16)25-3)19-18(21)13-6-5-7-14(10-13)20-26(4,22)23/h5-12,20H,1-4H3,(H,19,21). The first-order valence-electron chi connectivity index (χ1n) is 7.84. The normalized spacial score (nSPS) is 12.2. The molecule has 0 heterocycles. The van der Waals surface area contributed by atoms with Crippen LogP contribution in [0.5, 0.6) is 11.5 Å². The molecule has 26 heavy (non-hydrogen) atoms. The van der Waals surface area contributed by atoms with Gasteiger partial charge in [0.15, 0.2) is 0 Å². The highest BCUT2D eigenvalue weighted by molar-refractivity contribution is 7.92. The number of anilines is 1. The van der Waals surface area contributed by atoms with Crippen molar-refractivity contribution in [3.05, 3.63) is 53.6 Å². The Bertz CT molecular complexity index is 896. The van der Waals surface area contributed by atoms with Crippen LogP contribution >= 0.6 is 0 Å². The molecule has 0 spiro atoms. The van der Waals surface area contributed by atoms with Gasteiger partial charge in [0, 0.05) is 22.9 Å². The molecule has 0 radical (unpaired) electrons. The second-order valence-electron chi connectivity index (χ2n) is 5.76. The third-order valence-corrected chi connectivity index (χ3v) is 4.29. The largest absolute Gasteiger partial charge is 0.497 e. The van der Waals surface area contributed by atoms with E-state index in [4.69, 9.17) is 9.47 Å². The van der Waals surface area contributed by atoms with Gasteiger partial charge < -0.3 is 14.8 Å². The molecule has 0 aliphatic heterocycles. The van der Waals surface area contributed by atoms with Crippen LogP contribution in [-0.4, -0.2) is 34.8 Å². The maximum absolute atomic E-state index is 12.5. The lowest BCUT2D eigenvalue weighted by molar-refractivity contribution is 0.0939. The van der Waals surface area contributed by atoms with Crippen molar-refractivity contribution in [3.63, 3.8) is 0 Å². The molecule has 0 bridgehead atoms. The lowest BCUT2D eigenvalue weighted by Crippen LogP contribution is -2.27. The van der Waals surface area contributed by atoms with Gasteiger partial charge in [0.05, 0.1) is 26.5 Å².